The van der Waals surface area contributed by atoms with Gasteiger partial charge in [0.2, 0.25) is 11.8 Å². The maximum absolute atomic E-state index is 14.0. The van der Waals surface area contributed by atoms with Crippen molar-refractivity contribution in [3.05, 3.63) is 88.9 Å². The van der Waals surface area contributed by atoms with Crippen molar-refractivity contribution in [2.24, 2.45) is 0 Å². The van der Waals surface area contributed by atoms with E-state index in [1.807, 2.05) is 31.2 Å². The van der Waals surface area contributed by atoms with E-state index in [1.54, 1.807) is 43.3 Å². The average Bonchev–Trinajstić information content (AvgIpc) is 3.48. The maximum atomic E-state index is 14.0. The normalized spacial score (nSPS) is 14.3. The Labute approximate surface area is 247 Å². The van der Waals surface area contributed by atoms with Crippen LogP contribution in [0.5, 0.6) is 5.75 Å². The third-order valence-corrected chi connectivity index (χ3v) is 9.39. The third kappa shape index (κ3) is 7.59. The summed E-state index contributed by atoms with van der Waals surface area (Å²) in [7, 11) is -2.68. The fourth-order valence-electron chi connectivity index (χ4n) is 4.99. The van der Waals surface area contributed by atoms with Crippen molar-refractivity contribution >= 4 is 39.1 Å². The van der Waals surface area contributed by atoms with Gasteiger partial charge in [0.25, 0.3) is 10.0 Å². The lowest BCUT2D eigenvalue weighted by Gasteiger charge is -2.32. The SMILES string of the molecule is COc1ccc(S(=O)(=O)N(CC(=O)N(Cc2cccc(C)c2)C(C)C(=O)NC2CCCC2)c2ccc(Cl)cc2)cc1. The van der Waals surface area contributed by atoms with Gasteiger partial charge in [-0.15, -0.1) is 0 Å². The lowest BCUT2D eigenvalue weighted by atomic mass is 10.1. The second-order valence-corrected chi connectivity index (χ2v) is 12.6. The number of methoxy groups -OCH3 is 1. The van der Waals surface area contributed by atoms with Crippen LogP contribution in [0.15, 0.2) is 77.7 Å². The molecule has 1 atom stereocenters. The van der Waals surface area contributed by atoms with E-state index < -0.39 is 28.5 Å². The molecule has 218 valence electrons. The summed E-state index contributed by atoms with van der Waals surface area (Å²) in [5.41, 5.74) is 2.13. The Morgan fingerprint density at radius 3 is 2.29 bits per heavy atom. The minimum atomic E-state index is -4.18. The number of nitrogens with zero attached hydrogens (tertiary/aromatic N) is 2. The smallest absolute Gasteiger partial charge is 0.264 e. The molecule has 10 heteroatoms. The summed E-state index contributed by atoms with van der Waals surface area (Å²) >= 11 is 6.08. The van der Waals surface area contributed by atoms with Crippen molar-refractivity contribution in [3.8, 4) is 5.75 Å². The van der Waals surface area contributed by atoms with Crippen LogP contribution in [0.1, 0.15) is 43.7 Å². The number of hydrogen-bond donors (Lipinski definition) is 1. The molecule has 1 aliphatic rings. The molecule has 0 aromatic heterocycles. The minimum absolute atomic E-state index is 0.00157. The molecular weight excluding hydrogens is 562 g/mol. The van der Waals surface area contributed by atoms with Gasteiger partial charge in [0, 0.05) is 17.6 Å². The maximum Gasteiger partial charge on any atom is 0.264 e. The quantitative estimate of drug-likeness (QED) is 0.322. The van der Waals surface area contributed by atoms with E-state index in [4.69, 9.17) is 16.3 Å². The Balaban J connectivity index is 1.68. The molecule has 0 saturated heterocycles. The summed E-state index contributed by atoms with van der Waals surface area (Å²) in [6, 6.07) is 19.2. The molecule has 0 aliphatic heterocycles. The predicted molar refractivity (Wildman–Crippen MR) is 161 cm³/mol. The number of benzene rings is 3. The summed E-state index contributed by atoms with van der Waals surface area (Å²) in [6.07, 6.45) is 3.94. The minimum Gasteiger partial charge on any atom is -0.497 e. The molecule has 1 aliphatic carbocycles. The molecule has 2 amide bonds. The van der Waals surface area contributed by atoms with Crippen molar-refractivity contribution in [2.75, 3.05) is 18.0 Å². The number of ether oxygens (including phenoxy) is 1. The second-order valence-electron chi connectivity index (χ2n) is 10.3. The van der Waals surface area contributed by atoms with E-state index in [1.165, 1.54) is 24.1 Å². The highest BCUT2D eigenvalue weighted by Gasteiger charge is 2.33. The van der Waals surface area contributed by atoms with Crippen LogP contribution < -0.4 is 14.4 Å². The Kier molecular flexibility index (Phi) is 9.94. The van der Waals surface area contributed by atoms with Crippen molar-refractivity contribution in [1.29, 1.82) is 0 Å². The number of amides is 2. The number of sulfonamides is 1. The standard InChI is InChI=1S/C31H36ClN3O5S/c1-22-7-6-8-24(19-22)20-34(23(2)31(37)33-26-9-4-5-10-26)30(36)21-35(27-13-11-25(32)12-14-27)41(38,39)29-17-15-28(40-3)16-18-29/h6-8,11-19,23,26H,4-5,9-10,20-21H2,1-3H3,(H,33,37). The largest absolute Gasteiger partial charge is 0.497 e. The monoisotopic (exact) mass is 597 g/mol. The van der Waals surface area contributed by atoms with Gasteiger partial charge in [-0.05, 0) is 80.8 Å². The van der Waals surface area contributed by atoms with E-state index in [9.17, 15) is 18.0 Å². The molecule has 1 N–H and O–H groups in total. The second kappa shape index (κ2) is 13.4. The van der Waals surface area contributed by atoms with E-state index >= 15 is 0 Å². The predicted octanol–water partition coefficient (Wildman–Crippen LogP) is 5.33. The molecule has 0 radical (unpaired) electrons. The average molecular weight is 598 g/mol. The first-order valence-corrected chi connectivity index (χ1v) is 15.5. The molecule has 3 aromatic rings. The highest BCUT2D eigenvalue weighted by atomic mass is 35.5. The van der Waals surface area contributed by atoms with Gasteiger partial charge in [-0.25, -0.2) is 8.42 Å². The van der Waals surface area contributed by atoms with Gasteiger partial charge in [0.05, 0.1) is 17.7 Å². The number of anilines is 1. The highest BCUT2D eigenvalue weighted by molar-refractivity contribution is 7.92. The summed E-state index contributed by atoms with van der Waals surface area (Å²) in [6.45, 7) is 3.28. The van der Waals surface area contributed by atoms with Crippen LogP contribution in [0, 0.1) is 6.92 Å². The molecule has 0 heterocycles. The Bertz CT molecular complexity index is 1460. The zero-order chi connectivity index (χ0) is 29.6. The first-order valence-electron chi connectivity index (χ1n) is 13.7. The molecule has 0 spiro atoms. The molecule has 3 aromatic carbocycles. The number of hydrogen-bond acceptors (Lipinski definition) is 5. The van der Waals surface area contributed by atoms with Crippen LogP contribution in [0.3, 0.4) is 0 Å². The van der Waals surface area contributed by atoms with Gasteiger partial charge in [-0.2, -0.15) is 0 Å². The van der Waals surface area contributed by atoms with Gasteiger partial charge in [-0.3, -0.25) is 13.9 Å². The first-order chi connectivity index (χ1) is 19.6. The topological polar surface area (TPSA) is 96.0 Å². The van der Waals surface area contributed by atoms with Crippen LogP contribution in [-0.4, -0.2) is 50.9 Å². The van der Waals surface area contributed by atoms with Crippen LogP contribution in [0.4, 0.5) is 5.69 Å². The fourth-order valence-corrected chi connectivity index (χ4v) is 6.53. The molecule has 8 nitrogen and oxygen atoms in total. The summed E-state index contributed by atoms with van der Waals surface area (Å²) < 4.78 is 34.1. The van der Waals surface area contributed by atoms with Gasteiger partial charge in [0.1, 0.15) is 18.3 Å². The summed E-state index contributed by atoms with van der Waals surface area (Å²) in [5, 5.41) is 3.51. The van der Waals surface area contributed by atoms with Gasteiger partial charge in [-0.1, -0.05) is 54.3 Å². The van der Waals surface area contributed by atoms with E-state index in [0.717, 1.165) is 41.1 Å². The molecule has 1 fully saturated rings. The molecule has 1 unspecified atom stereocenters. The van der Waals surface area contributed by atoms with Crippen LogP contribution in [-0.2, 0) is 26.2 Å². The van der Waals surface area contributed by atoms with Crippen molar-refractivity contribution < 1.29 is 22.7 Å². The molecule has 1 saturated carbocycles. The lowest BCUT2D eigenvalue weighted by Crippen LogP contribution is -2.52. The van der Waals surface area contributed by atoms with Crippen LogP contribution in [0.2, 0.25) is 5.02 Å². The fraction of sp³-hybridized carbons (Fsp3) is 0.355. The third-order valence-electron chi connectivity index (χ3n) is 7.35. The van der Waals surface area contributed by atoms with Crippen LogP contribution in [0.25, 0.3) is 0 Å². The number of carbonyl (C=O) groups excluding carboxylic acids is 2. The molecular formula is C31H36ClN3O5S. The van der Waals surface area contributed by atoms with Gasteiger partial charge >= 0.3 is 0 Å². The van der Waals surface area contributed by atoms with Crippen LogP contribution >= 0.6 is 11.6 Å². The first kappa shape index (κ1) is 30.4. The lowest BCUT2D eigenvalue weighted by molar-refractivity contribution is -0.139. The Hall–Kier alpha value is -3.56. The Morgan fingerprint density at radius 1 is 1.02 bits per heavy atom. The van der Waals surface area contributed by atoms with Crippen molar-refractivity contribution in [3.63, 3.8) is 0 Å². The van der Waals surface area contributed by atoms with E-state index in [0.29, 0.717) is 10.8 Å². The molecule has 0 bridgehead atoms. The van der Waals surface area contributed by atoms with Gasteiger partial charge in [0.15, 0.2) is 0 Å². The van der Waals surface area contributed by atoms with Gasteiger partial charge < -0.3 is 15.0 Å². The number of aryl methyl sites for hydroxylation is 1. The molecule has 4 rings (SSSR count). The zero-order valence-corrected chi connectivity index (χ0v) is 25.1. The summed E-state index contributed by atoms with van der Waals surface area (Å²) in [4.78, 5) is 28.8. The van der Waals surface area contributed by atoms with E-state index in [2.05, 4.69) is 5.32 Å². The zero-order valence-electron chi connectivity index (χ0n) is 23.5. The number of nitrogens with one attached hydrogen (secondary N) is 1. The summed E-state index contributed by atoms with van der Waals surface area (Å²) in [5.74, 6) is -0.258. The van der Waals surface area contributed by atoms with Crippen molar-refractivity contribution in [1.82, 2.24) is 10.2 Å². The van der Waals surface area contributed by atoms with Crippen molar-refractivity contribution in [2.45, 2.75) is 63.1 Å². The number of halogens is 1. The molecule has 41 heavy (non-hydrogen) atoms. The highest BCUT2D eigenvalue weighted by Crippen LogP contribution is 2.27. The number of rotatable bonds is 11. The van der Waals surface area contributed by atoms with E-state index in [-0.39, 0.29) is 29.1 Å². The Morgan fingerprint density at radius 2 is 1.68 bits per heavy atom. The number of carbonyl (C=O) groups is 2.